The summed E-state index contributed by atoms with van der Waals surface area (Å²) in [5, 5.41) is 6.84. The van der Waals surface area contributed by atoms with Crippen molar-refractivity contribution in [2.45, 2.75) is 32.2 Å². The van der Waals surface area contributed by atoms with E-state index in [1.807, 2.05) is 7.05 Å². The van der Waals surface area contributed by atoms with Crippen LogP contribution in [-0.2, 0) is 0 Å². The monoisotopic (exact) mass is 451 g/mol. The zero-order chi connectivity index (χ0) is 13.8. The lowest BCUT2D eigenvalue weighted by Crippen LogP contribution is -2.40. The number of hydrogen-bond acceptors (Lipinski definition) is 1. The molecule has 2 unspecified atom stereocenters. The number of benzene rings is 1. The topological polar surface area (TPSA) is 36.4 Å². The third kappa shape index (κ3) is 5.24. The van der Waals surface area contributed by atoms with Gasteiger partial charge in [0.1, 0.15) is 0 Å². The van der Waals surface area contributed by atoms with E-state index >= 15 is 0 Å². The maximum Gasteiger partial charge on any atom is 0.191 e. The predicted octanol–water partition coefficient (Wildman–Crippen LogP) is 3.74. The van der Waals surface area contributed by atoms with Crippen LogP contribution in [0.15, 0.2) is 33.7 Å². The maximum atomic E-state index is 4.27. The molecule has 3 nitrogen and oxygen atoms in total. The quantitative estimate of drug-likeness (QED) is 0.415. The second-order valence-corrected chi connectivity index (χ2v) is 6.41. The van der Waals surface area contributed by atoms with E-state index in [9.17, 15) is 0 Å². The molecule has 0 spiro atoms. The molecule has 5 heteroatoms. The van der Waals surface area contributed by atoms with Gasteiger partial charge in [0.25, 0.3) is 0 Å². The van der Waals surface area contributed by atoms with Crippen LogP contribution in [0.4, 0.5) is 0 Å². The van der Waals surface area contributed by atoms with Crippen LogP contribution in [0.3, 0.4) is 0 Å². The smallest absolute Gasteiger partial charge is 0.191 e. The van der Waals surface area contributed by atoms with Gasteiger partial charge in [-0.15, -0.1) is 24.0 Å². The highest BCUT2D eigenvalue weighted by Crippen LogP contribution is 2.40. The maximum absolute atomic E-state index is 4.27. The van der Waals surface area contributed by atoms with Crippen molar-refractivity contribution in [3.8, 4) is 0 Å². The predicted molar refractivity (Wildman–Crippen MR) is 100 cm³/mol. The summed E-state index contributed by atoms with van der Waals surface area (Å²) in [6, 6.07) is 9.12. The molecule has 112 valence electrons. The molecule has 2 N–H and O–H groups in total. The van der Waals surface area contributed by atoms with Crippen molar-refractivity contribution in [2.24, 2.45) is 10.9 Å². The van der Waals surface area contributed by atoms with Crippen LogP contribution in [0, 0.1) is 5.92 Å². The Hall–Kier alpha value is -0.300. The highest BCUT2D eigenvalue weighted by atomic mass is 127. The van der Waals surface area contributed by atoms with Crippen molar-refractivity contribution in [2.75, 3.05) is 13.6 Å². The average molecular weight is 452 g/mol. The van der Waals surface area contributed by atoms with Gasteiger partial charge < -0.3 is 10.6 Å². The van der Waals surface area contributed by atoms with Crippen LogP contribution in [-0.4, -0.2) is 25.6 Å². The van der Waals surface area contributed by atoms with E-state index in [-0.39, 0.29) is 24.0 Å². The molecule has 0 radical (unpaired) electrons. The van der Waals surface area contributed by atoms with Crippen molar-refractivity contribution in [1.82, 2.24) is 10.6 Å². The van der Waals surface area contributed by atoms with E-state index in [2.05, 4.69) is 69.7 Å². The molecular formula is C15H23BrIN3. The molecule has 1 fully saturated rings. The lowest BCUT2D eigenvalue weighted by Gasteiger charge is -2.13. The highest BCUT2D eigenvalue weighted by molar-refractivity contribution is 14.0. The SMILES string of the molecule is CN=C(NCC(C)C)NC1CC1c1ccc(Br)cc1.I. The average Bonchev–Trinajstić information content (AvgIpc) is 3.14. The number of nitrogens with zero attached hydrogens (tertiary/aromatic N) is 1. The van der Waals surface area contributed by atoms with Gasteiger partial charge in [-0.1, -0.05) is 41.9 Å². The Morgan fingerprint density at radius 1 is 1.35 bits per heavy atom. The Morgan fingerprint density at radius 2 is 2.00 bits per heavy atom. The fraction of sp³-hybridized carbons (Fsp3) is 0.533. The zero-order valence-electron chi connectivity index (χ0n) is 12.2. The van der Waals surface area contributed by atoms with E-state index in [0.717, 1.165) is 17.0 Å². The first-order valence-corrected chi connectivity index (χ1v) is 7.62. The minimum absolute atomic E-state index is 0. The first kappa shape index (κ1) is 17.8. The summed E-state index contributed by atoms with van der Waals surface area (Å²) in [6.45, 7) is 5.35. The van der Waals surface area contributed by atoms with Crippen molar-refractivity contribution in [3.63, 3.8) is 0 Å². The molecule has 0 aliphatic heterocycles. The Morgan fingerprint density at radius 3 is 2.55 bits per heavy atom. The second kappa shape index (κ2) is 8.22. The van der Waals surface area contributed by atoms with Crippen LogP contribution in [0.5, 0.6) is 0 Å². The van der Waals surface area contributed by atoms with Crippen molar-refractivity contribution in [3.05, 3.63) is 34.3 Å². The summed E-state index contributed by atoms with van der Waals surface area (Å²) in [5.74, 6) is 2.16. The van der Waals surface area contributed by atoms with Gasteiger partial charge in [-0.25, -0.2) is 0 Å². The number of aliphatic imine (C=N–C) groups is 1. The van der Waals surface area contributed by atoms with Gasteiger partial charge in [-0.2, -0.15) is 0 Å². The Balaban J connectivity index is 0.00000200. The van der Waals surface area contributed by atoms with Crippen LogP contribution in [0.25, 0.3) is 0 Å². The Labute approximate surface area is 147 Å². The molecule has 0 bridgehead atoms. The summed E-state index contributed by atoms with van der Waals surface area (Å²) < 4.78 is 1.14. The minimum atomic E-state index is 0. The second-order valence-electron chi connectivity index (χ2n) is 5.49. The third-order valence-corrected chi connectivity index (χ3v) is 3.84. The van der Waals surface area contributed by atoms with Gasteiger partial charge in [-0.3, -0.25) is 4.99 Å². The molecule has 1 aromatic rings. The largest absolute Gasteiger partial charge is 0.356 e. The molecule has 20 heavy (non-hydrogen) atoms. The van der Waals surface area contributed by atoms with Crippen LogP contribution < -0.4 is 10.6 Å². The van der Waals surface area contributed by atoms with E-state index in [0.29, 0.717) is 17.9 Å². The van der Waals surface area contributed by atoms with Crippen LogP contribution >= 0.6 is 39.9 Å². The van der Waals surface area contributed by atoms with Crippen molar-refractivity contribution in [1.29, 1.82) is 0 Å². The summed E-state index contributed by atoms with van der Waals surface area (Å²) in [4.78, 5) is 4.27. The molecular weight excluding hydrogens is 429 g/mol. The lowest BCUT2D eigenvalue weighted by molar-refractivity contribution is 0.613. The fourth-order valence-electron chi connectivity index (χ4n) is 2.10. The zero-order valence-corrected chi connectivity index (χ0v) is 16.1. The molecule has 1 aromatic carbocycles. The number of halogens is 2. The van der Waals surface area contributed by atoms with Gasteiger partial charge in [0.15, 0.2) is 5.96 Å². The van der Waals surface area contributed by atoms with E-state index in [4.69, 9.17) is 0 Å². The first-order chi connectivity index (χ1) is 9.10. The number of hydrogen-bond donors (Lipinski definition) is 2. The van der Waals surface area contributed by atoms with Gasteiger partial charge in [0.05, 0.1) is 0 Å². The van der Waals surface area contributed by atoms with Crippen LogP contribution in [0.2, 0.25) is 0 Å². The molecule has 1 aliphatic rings. The van der Waals surface area contributed by atoms with E-state index in [1.165, 1.54) is 12.0 Å². The number of nitrogens with one attached hydrogen (secondary N) is 2. The van der Waals surface area contributed by atoms with Gasteiger partial charge >= 0.3 is 0 Å². The normalized spacial score (nSPS) is 21.4. The first-order valence-electron chi connectivity index (χ1n) is 6.82. The van der Waals surface area contributed by atoms with Gasteiger partial charge in [0.2, 0.25) is 0 Å². The van der Waals surface area contributed by atoms with E-state index < -0.39 is 0 Å². The molecule has 0 saturated heterocycles. The molecule has 0 aromatic heterocycles. The number of guanidine groups is 1. The lowest BCUT2D eigenvalue weighted by atomic mass is 10.1. The molecule has 1 saturated carbocycles. The summed E-state index contributed by atoms with van der Waals surface area (Å²) in [6.07, 6.45) is 1.18. The van der Waals surface area contributed by atoms with E-state index in [1.54, 1.807) is 0 Å². The molecule has 0 amide bonds. The molecule has 2 rings (SSSR count). The summed E-state index contributed by atoms with van der Waals surface area (Å²) in [5.41, 5.74) is 1.40. The van der Waals surface area contributed by atoms with Crippen LogP contribution in [0.1, 0.15) is 31.7 Å². The van der Waals surface area contributed by atoms with Crippen molar-refractivity contribution >= 4 is 45.9 Å². The molecule has 1 aliphatic carbocycles. The standard InChI is InChI=1S/C15H22BrN3.HI/c1-10(2)9-18-15(17-3)19-14-8-13(14)11-4-6-12(16)7-5-11;/h4-7,10,13-14H,8-9H2,1-3H3,(H2,17,18,19);1H. The Bertz CT molecular complexity index is 445. The third-order valence-electron chi connectivity index (χ3n) is 3.31. The molecule has 0 heterocycles. The summed E-state index contributed by atoms with van der Waals surface area (Å²) in [7, 11) is 1.83. The Kier molecular flexibility index (Phi) is 7.29. The highest BCUT2D eigenvalue weighted by Gasteiger charge is 2.38. The van der Waals surface area contributed by atoms with Gasteiger partial charge in [0, 0.05) is 30.0 Å². The molecule has 2 atom stereocenters. The fourth-order valence-corrected chi connectivity index (χ4v) is 2.37. The minimum Gasteiger partial charge on any atom is -0.356 e. The number of rotatable bonds is 4. The summed E-state index contributed by atoms with van der Waals surface area (Å²) >= 11 is 3.47. The van der Waals surface area contributed by atoms with Gasteiger partial charge in [-0.05, 0) is 30.0 Å². The van der Waals surface area contributed by atoms with Crippen molar-refractivity contribution < 1.29 is 0 Å².